The maximum absolute atomic E-state index is 8.96. The molecule has 0 amide bonds. The third kappa shape index (κ3) is 4.08. The van der Waals surface area contributed by atoms with Crippen LogP contribution in [0.3, 0.4) is 0 Å². The maximum Gasteiger partial charge on any atom is 0.0634 e. The van der Waals surface area contributed by atoms with E-state index in [-0.39, 0.29) is 6.61 Å². The first-order valence-electron chi connectivity index (χ1n) is 5.57. The van der Waals surface area contributed by atoms with Gasteiger partial charge in [0.15, 0.2) is 0 Å². The molecule has 0 fully saturated rings. The Kier molecular flexibility index (Phi) is 5.74. The number of aliphatic hydroxyl groups excluding tert-OH is 1. The van der Waals surface area contributed by atoms with Gasteiger partial charge in [-0.1, -0.05) is 25.4 Å². The molecule has 1 aromatic rings. The molecule has 1 unspecified atom stereocenters. The molecular weight excluding hydrogens is 224 g/mol. The van der Waals surface area contributed by atoms with Gasteiger partial charge in [-0.15, -0.1) is 0 Å². The van der Waals surface area contributed by atoms with E-state index in [0.29, 0.717) is 23.5 Å². The molecule has 0 bridgehead atoms. The van der Waals surface area contributed by atoms with Crippen LogP contribution in [0.1, 0.15) is 25.8 Å². The van der Waals surface area contributed by atoms with Crippen molar-refractivity contribution in [1.29, 1.82) is 0 Å². The lowest BCUT2D eigenvalue weighted by Gasteiger charge is -2.21. The number of nitrogens with zero attached hydrogens (tertiary/aromatic N) is 1. The van der Waals surface area contributed by atoms with Crippen molar-refractivity contribution in [3.05, 3.63) is 29.0 Å². The quantitative estimate of drug-likeness (QED) is 0.804. The van der Waals surface area contributed by atoms with Crippen molar-refractivity contribution < 1.29 is 5.11 Å². The predicted molar refractivity (Wildman–Crippen MR) is 66.4 cm³/mol. The first-order valence-corrected chi connectivity index (χ1v) is 5.95. The Morgan fingerprint density at radius 2 is 2.25 bits per heavy atom. The molecule has 0 saturated carbocycles. The normalized spacial score (nSPS) is 13.1. The average Bonchev–Trinajstić information content (AvgIpc) is 2.26. The zero-order valence-electron chi connectivity index (χ0n) is 9.78. The fourth-order valence-electron chi connectivity index (χ4n) is 1.60. The summed E-state index contributed by atoms with van der Waals surface area (Å²) >= 11 is 6.01. The Morgan fingerprint density at radius 1 is 1.50 bits per heavy atom. The number of rotatable bonds is 6. The number of hydrogen-bond donors (Lipinski definition) is 2. The third-order valence-corrected chi connectivity index (χ3v) is 3.00. The van der Waals surface area contributed by atoms with E-state index in [1.165, 1.54) is 0 Å². The van der Waals surface area contributed by atoms with Crippen LogP contribution < -0.4 is 5.32 Å². The van der Waals surface area contributed by atoms with E-state index in [1.807, 2.05) is 6.07 Å². The second-order valence-electron chi connectivity index (χ2n) is 4.21. The highest BCUT2D eigenvalue weighted by molar-refractivity contribution is 6.31. The largest absolute Gasteiger partial charge is 0.396 e. The smallest absolute Gasteiger partial charge is 0.0634 e. The van der Waals surface area contributed by atoms with E-state index in [0.717, 1.165) is 12.0 Å². The van der Waals surface area contributed by atoms with Crippen molar-refractivity contribution in [3.8, 4) is 0 Å². The van der Waals surface area contributed by atoms with Gasteiger partial charge in [0.2, 0.25) is 0 Å². The Bertz CT molecular complexity index is 318. The Balaban J connectivity index is 2.52. The highest BCUT2D eigenvalue weighted by Gasteiger charge is 2.12. The van der Waals surface area contributed by atoms with Crippen LogP contribution in [-0.2, 0) is 6.54 Å². The molecule has 1 atom stereocenters. The maximum atomic E-state index is 8.96. The standard InChI is InChI=1S/C12H19ClN2O/c1-9(2)12(4-6-16)15-7-10-3-5-14-8-11(10)13/h3,5,8-9,12,15-16H,4,6-7H2,1-2H3. The molecule has 16 heavy (non-hydrogen) atoms. The molecule has 0 saturated heterocycles. The van der Waals surface area contributed by atoms with Crippen molar-refractivity contribution in [2.45, 2.75) is 32.9 Å². The van der Waals surface area contributed by atoms with Crippen LogP contribution in [0.25, 0.3) is 0 Å². The van der Waals surface area contributed by atoms with Gasteiger partial charge < -0.3 is 10.4 Å². The van der Waals surface area contributed by atoms with Crippen LogP contribution in [0, 0.1) is 5.92 Å². The topological polar surface area (TPSA) is 45.1 Å². The van der Waals surface area contributed by atoms with E-state index in [2.05, 4.69) is 24.1 Å². The molecule has 0 aliphatic carbocycles. The van der Waals surface area contributed by atoms with Crippen LogP contribution in [0.5, 0.6) is 0 Å². The Labute approximate surface area is 102 Å². The summed E-state index contributed by atoms with van der Waals surface area (Å²) in [6.07, 6.45) is 4.15. The van der Waals surface area contributed by atoms with Crippen LogP contribution in [0.4, 0.5) is 0 Å². The van der Waals surface area contributed by atoms with Gasteiger partial charge in [0.25, 0.3) is 0 Å². The minimum Gasteiger partial charge on any atom is -0.396 e. The molecule has 1 rings (SSSR count). The van der Waals surface area contributed by atoms with Gasteiger partial charge in [-0.25, -0.2) is 0 Å². The number of nitrogens with one attached hydrogen (secondary N) is 1. The van der Waals surface area contributed by atoms with Crippen molar-refractivity contribution >= 4 is 11.6 Å². The highest BCUT2D eigenvalue weighted by atomic mass is 35.5. The van der Waals surface area contributed by atoms with Crippen molar-refractivity contribution in [2.24, 2.45) is 5.92 Å². The predicted octanol–water partition coefficient (Wildman–Crippen LogP) is 2.23. The van der Waals surface area contributed by atoms with Crippen LogP contribution in [0.2, 0.25) is 5.02 Å². The highest BCUT2D eigenvalue weighted by Crippen LogP contribution is 2.14. The second kappa shape index (κ2) is 6.84. The van der Waals surface area contributed by atoms with Gasteiger partial charge in [-0.2, -0.15) is 0 Å². The zero-order chi connectivity index (χ0) is 12.0. The molecule has 0 radical (unpaired) electrons. The molecule has 1 heterocycles. The van der Waals surface area contributed by atoms with E-state index in [9.17, 15) is 0 Å². The van der Waals surface area contributed by atoms with E-state index >= 15 is 0 Å². The summed E-state index contributed by atoms with van der Waals surface area (Å²) in [6, 6.07) is 2.22. The monoisotopic (exact) mass is 242 g/mol. The molecule has 0 spiro atoms. The number of hydrogen-bond acceptors (Lipinski definition) is 3. The zero-order valence-corrected chi connectivity index (χ0v) is 10.5. The first-order chi connectivity index (χ1) is 7.65. The summed E-state index contributed by atoms with van der Waals surface area (Å²) in [4.78, 5) is 3.94. The van der Waals surface area contributed by atoms with Gasteiger partial charge in [0.05, 0.1) is 5.02 Å². The summed E-state index contributed by atoms with van der Waals surface area (Å²) in [5, 5.41) is 13.0. The fraction of sp³-hybridized carbons (Fsp3) is 0.583. The number of aliphatic hydroxyl groups is 1. The second-order valence-corrected chi connectivity index (χ2v) is 4.62. The fourth-order valence-corrected chi connectivity index (χ4v) is 1.78. The lowest BCUT2D eigenvalue weighted by atomic mass is 10.0. The van der Waals surface area contributed by atoms with Gasteiger partial charge in [-0.3, -0.25) is 4.98 Å². The van der Waals surface area contributed by atoms with E-state index < -0.39 is 0 Å². The summed E-state index contributed by atoms with van der Waals surface area (Å²) in [5.74, 6) is 0.493. The molecular formula is C12H19ClN2O. The Morgan fingerprint density at radius 3 is 2.81 bits per heavy atom. The van der Waals surface area contributed by atoms with Gasteiger partial charge in [0, 0.05) is 31.6 Å². The van der Waals surface area contributed by atoms with E-state index in [1.54, 1.807) is 12.4 Å². The summed E-state index contributed by atoms with van der Waals surface area (Å²) < 4.78 is 0. The average molecular weight is 243 g/mol. The minimum absolute atomic E-state index is 0.208. The molecule has 0 aliphatic rings. The van der Waals surface area contributed by atoms with Crippen molar-refractivity contribution in [2.75, 3.05) is 6.61 Å². The van der Waals surface area contributed by atoms with Gasteiger partial charge in [-0.05, 0) is 24.0 Å². The van der Waals surface area contributed by atoms with Crippen LogP contribution in [-0.4, -0.2) is 22.7 Å². The van der Waals surface area contributed by atoms with Gasteiger partial charge >= 0.3 is 0 Å². The van der Waals surface area contributed by atoms with Crippen molar-refractivity contribution in [3.63, 3.8) is 0 Å². The summed E-state index contributed by atoms with van der Waals surface area (Å²) in [5.41, 5.74) is 1.04. The van der Waals surface area contributed by atoms with Gasteiger partial charge in [0.1, 0.15) is 0 Å². The molecule has 90 valence electrons. The Hall–Kier alpha value is -0.640. The number of pyridine rings is 1. The molecule has 4 heteroatoms. The molecule has 1 aromatic heterocycles. The number of halogens is 1. The number of aromatic nitrogens is 1. The van der Waals surface area contributed by atoms with E-state index in [4.69, 9.17) is 16.7 Å². The summed E-state index contributed by atoms with van der Waals surface area (Å²) in [7, 11) is 0. The van der Waals surface area contributed by atoms with Crippen molar-refractivity contribution in [1.82, 2.24) is 10.3 Å². The molecule has 3 nitrogen and oxygen atoms in total. The van der Waals surface area contributed by atoms with Crippen LogP contribution >= 0.6 is 11.6 Å². The SMILES string of the molecule is CC(C)C(CCO)NCc1ccncc1Cl. The minimum atomic E-state index is 0.208. The summed E-state index contributed by atoms with van der Waals surface area (Å²) in [6.45, 7) is 5.20. The molecule has 0 aliphatic heterocycles. The lowest BCUT2D eigenvalue weighted by molar-refractivity contribution is 0.244. The first kappa shape index (κ1) is 13.4. The molecule has 2 N–H and O–H groups in total. The lowest BCUT2D eigenvalue weighted by Crippen LogP contribution is -2.34. The molecule has 0 aromatic carbocycles. The third-order valence-electron chi connectivity index (χ3n) is 2.66. The van der Waals surface area contributed by atoms with Crippen LogP contribution in [0.15, 0.2) is 18.5 Å².